The van der Waals surface area contributed by atoms with Gasteiger partial charge >= 0.3 is 12.1 Å². The number of benzene rings is 1. The second kappa shape index (κ2) is 20.0. The number of nitrogens with one attached hydrogen (secondary N) is 3. The predicted molar refractivity (Wildman–Crippen MR) is 230 cm³/mol. The number of oxime groups is 2. The average Bonchev–Trinajstić information content (AvgIpc) is 3.94. The number of methoxy groups -OCH3 is 1. The lowest BCUT2D eigenvalue weighted by Crippen LogP contribution is -2.71. The Balaban J connectivity index is 1.20. The molecule has 4 amide bonds. The number of fused-ring (bicyclic) bond motifs is 1. The molecule has 0 aliphatic carbocycles. The number of ether oxygens (including phenoxy) is 3. The summed E-state index contributed by atoms with van der Waals surface area (Å²) in [5.41, 5.74) is 1.63. The van der Waals surface area contributed by atoms with Crippen molar-refractivity contribution >= 4 is 75.8 Å². The van der Waals surface area contributed by atoms with Crippen LogP contribution < -0.4 is 20.7 Å². The number of carbonyl (C=O) groups is 5. The van der Waals surface area contributed by atoms with Gasteiger partial charge in [0.05, 0.1) is 12.8 Å². The quantitative estimate of drug-likeness (QED) is 0.0579. The first-order valence-electron chi connectivity index (χ1n) is 19.0. The van der Waals surface area contributed by atoms with Gasteiger partial charge in [-0.2, -0.15) is 14.6 Å². The van der Waals surface area contributed by atoms with E-state index in [2.05, 4.69) is 35.3 Å². The Morgan fingerprint density at radius 2 is 1.78 bits per heavy atom. The SMILES string of the molecule is CCON=C(C(=O)NC1C(=O)N2C(C(=O)OCc3ccc(OC)cc3)=C(CN3C=CC(=C4C=NC(/C(=N/OC)C(=O)NC#N)=C4)C=C3)CSC12)c1nsc(NC(=O)OC(C)(C)C)n1. The topological polar surface area (TPSA) is 261 Å². The molecular formula is C40H41N11O10S2. The number of esters is 1. The molecule has 1 saturated heterocycles. The Morgan fingerprint density at radius 3 is 2.44 bits per heavy atom. The number of hydrogen-bond donors (Lipinski definition) is 3. The van der Waals surface area contributed by atoms with Crippen molar-refractivity contribution in [2.75, 3.05) is 38.4 Å². The monoisotopic (exact) mass is 899 g/mol. The molecule has 21 nitrogen and oxygen atoms in total. The van der Waals surface area contributed by atoms with Crippen LogP contribution in [0, 0.1) is 11.5 Å². The standard InChI is InChI=1S/C40H41N11O10S2/c1-7-60-48-29(32-45-38(63-49-32)46-39(56)61-40(2,3)4)34(53)44-30-35(54)51-31(37(55)59-19-22-8-10-26(57-5)11-9-22)25(20-62-36(30)51)18-50-14-12-23(13-15-50)24-16-27(42-17-24)28(47-58-6)33(52)43-21-41/h8-17,30,36H,7,18-20H2,1-6H3,(H,43,52)(H,44,53)(H,45,46,49,56)/b47-28-,48-29?. The van der Waals surface area contributed by atoms with Crippen LogP contribution in [-0.2, 0) is 44.9 Å². The lowest BCUT2D eigenvalue weighted by molar-refractivity contribution is -0.153. The summed E-state index contributed by atoms with van der Waals surface area (Å²) in [5, 5.41) is 23.0. The molecule has 2 atom stereocenters. The van der Waals surface area contributed by atoms with Crippen molar-refractivity contribution in [2.45, 2.75) is 51.3 Å². The fraction of sp³-hybridized carbons (Fsp3) is 0.325. The third-order valence-corrected chi connectivity index (χ3v) is 10.8. The second-order valence-corrected chi connectivity index (χ2v) is 16.2. The molecule has 1 fully saturated rings. The molecule has 63 heavy (non-hydrogen) atoms. The Morgan fingerprint density at radius 1 is 1.03 bits per heavy atom. The summed E-state index contributed by atoms with van der Waals surface area (Å²) in [6.45, 7) is 6.98. The van der Waals surface area contributed by atoms with Gasteiger partial charge in [-0.05, 0) is 74.8 Å². The van der Waals surface area contributed by atoms with E-state index in [1.165, 1.54) is 23.8 Å². The Hall–Kier alpha value is -7.32. The maximum absolute atomic E-state index is 14.0. The van der Waals surface area contributed by atoms with Gasteiger partial charge in [-0.25, -0.2) is 9.59 Å². The summed E-state index contributed by atoms with van der Waals surface area (Å²) >= 11 is 2.13. The highest BCUT2D eigenvalue weighted by atomic mass is 32.2. The summed E-state index contributed by atoms with van der Waals surface area (Å²) < 4.78 is 20.4. The van der Waals surface area contributed by atoms with Crippen LogP contribution in [0.3, 0.4) is 0 Å². The van der Waals surface area contributed by atoms with E-state index >= 15 is 0 Å². The molecule has 4 aliphatic heterocycles. The smallest absolute Gasteiger partial charge is 0.414 e. The van der Waals surface area contributed by atoms with Crippen molar-refractivity contribution < 1.29 is 47.9 Å². The highest BCUT2D eigenvalue weighted by molar-refractivity contribution is 8.00. The number of aliphatic imine (C=N–C) groups is 1. The van der Waals surface area contributed by atoms with Crippen molar-refractivity contribution in [1.82, 2.24) is 29.8 Å². The second-order valence-electron chi connectivity index (χ2n) is 14.3. The molecule has 1 aromatic heterocycles. The molecule has 23 heteroatoms. The number of carbonyl (C=O) groups excluding carboxylic acids is 5. The third-order valence-electron chi connectivity index (χ3n) is 8.84. The van der Waals surface area contributed by atoms with E-state index < -0.39 is 46.8 Å². The summed E-state index contributed by atoms with van der Waals surface area (Å²) in [5.74, 6) is -2.14. The van der Waals surface area contributed by atoms with Crippen LogP contribution in [0.15, 0.2) is 98.3 Å². The number of anilines is 1. The number of β-lactam (4-membered cyclic amide) rings is 1. The highest BCUT2D eigenvalue weighted by Gasteiger charge is 2.55. The number of allylic oxidation sites excluding steroid dienone is 5. The predicted octanol–water partition coefficient (Wildman–Crippen LogP) is 3.24. The van der Waals surface area contributed by atoms with Gasteiger partial charge in [0.15, 0.2) is 11.9 Å². The molecule has 1 aromatic carbocycles. The average molecular weight is 900 g/mol. The van der Waals surface area contributed by atoms with Gasteiger partial charge < -0.3 is 34.1 Å². The molecule has 2 unspecified atom stereocenters. The number of hydrogen-bond acceptors (Lipinski definition) is 19. The molecule has 0 radical (unpaired) electrons. The van der Waals surface area contributed by atoms with Crippen molar-refractivity contribution in [1.29, 1.82) is 5.26 Å². The van der Waals surface area contributed by atoms with Crippen LogP contribution in [0.25, 0.3) is 0 Å². The lowest BCUT2D eigenvalue weighted by atomic mass is 10.0. The number of amides is 4. The van der Waals surface area contributed by atoms with E-state index in [1.54, 1.807) is 102 Å². The Labute approximate surface area is 369 Å². The molecule has 2 aromatic rings. The summed E-state index contributed by atoms with van der Waals surface area (Å²) in [6.07, 6.45) is 11.1. The zero-order valence-electron chi connectivity index (χ0n) is 34.7. The van der Waals surface area contributed by atoms with Gasteiger partial charge in [0.25, 0.3) is 17.7 Å². The zero-order chi connectivity index (χ0) is 45.3. The van der Waals surface area contributed by atoms with Crippen LogP contribution in [0.1, 0.15) is 39.1 Å². The van der Waals surface area contributed by atoms with Crippen molar-refractivity contribution in [3.63, 3.8) is 0 Å². The van der Waals surface area contributed by atoms with Gasteiger partial charge in [-0.15, -0.1) is 11.8 Å². The first kappa shape index (κ1) is 45.2. The van der Waals surface area contributed by atoms with Crippen molar-refractivity contribution in [3.05, 3.63) is 94.4 Å². The third kappa shape index (κ3) is 11.0. The van der Waals surface area contributed by atoms with Gasteiger partial charge in [-0.1, -0.05) is 22.4 Å². The van der Waals surface area contributed by atoms with E-state index in [9.17, 15) is 24.0 Å². The zero-order valence-corrected chi connectivity index (χ0v) is 36.4. The Kier molecular flexibility index (Phi) is 14.4. The highest BCUT2D eigenvalue weighted by Crippen LogP contribution is 2.41. The van der Waals surface area contributed by atoms with Gasteiger partial charge in [0.2, 0.25) is 16.7 Å². The normalized spacial score (nSPS) is 18.2. The minimum atomic E-state index is -1.08. The molecule has 0 spiro atoms. The van der Waals surface area contributed by atoms with Gasteiger partial charge in [0, 0.05) is 48.0 Å². The summed E-state index contributed by atoms with van der Waals surface area (Å²) in [7, 11) is 2.81. The van der Waals surface area contributed by atoms with E-state index in [4.69, 9.17) is 29.1 Å². The number of aromatic nitrogens is 2. The lowest BCUT2D eigenvalue weighted by Gasteiger charge is -2.50. The van der Waals surface area contributed by atoms with Gasteiger partial charge in [0.1, 0.15) is 48.8 Å². The first-order valence-corrected chi connectivity index (χ1v) is 20.8. The van der Waals surface area contributed by atoms with E-state index in [1.807, 2.05) is 10.2 Å². The van der Waals surface area contributed by atoms with Crippen LogP contribution in [0.4, 0.5) is 9.93 Å². The molecule has 328 valence electrons. The molecule has 4 aliphatic rings. The maximum atomic E-state index is 14.0. The van der Waals surface area contributed by atoms with E-state index in [-0.39, 0.29) is 59.3 Å². The van der Waals surface area contributed by atoms with Gasteiger partial charge in [-0.3, -0.25) is 34.9 Å². The fourth-order valence-corrected chi connectivity index (χ4v) is 7.94. The Bertz CT molecular complexity index is 2440. The molecular weight excluding hydrogens is 859 g/mol. The number of rotatable bonds is 15. The molecule has 0 bridgehead atoms. The van der Waals surface area contributed by atoms with Crippen molar-refractivity contribution in [3.8, 4) is 11.9 Å². The fourth-order valence-electron chi connectivity index (χ4n) is 6.05. The van der Waals surface area contributed by atoms with E-state index in [0.29, 0.717) is 22.5 Å². The van der Waals surface area contributed by atoms with Crippen LogP contribution in [-0.4, -0.2) is 117 Å². The minimum Gasteiger partial charge on any atom is -0.497 e. The number of thioether (sulfide) groups is 1. The van der Waals surface area contributed by atoms with Crippen molar-refractivity contribution in [2.24, 2.45) is 15.3 Å². The summed E-state index contributed by atoms with van der Waals surface area (Å²) in [6, 6.07) is 5.91. The van der Waals surface area contributed by atoms with E-state index in [0.717, 1.165) is 17.1 Å². The van der Waals surface area contributed by atoms with Crippen LogP contribution >= 0.6 is 23.3 Å². The molecule has 0 saturated carbocycles. The molecule has 6 rings (SSSR count). The number of nitriles is 1. The maximum Gasteiger partial charge on any atom is 0.414 e. The summed E-state index contributed by atoms with van der Waals surface area (Å²) in [4.78, 5) is 87.9. The molecule has 5 heterocycles. The molecule has 3 N–H and O–H groups in total. The largest absolute Gasteiger partial charge is 0.497 e. The van der Waals surface area contributed by atoms with Crippen LogP contribution in [0.5, 0.6) is 5.75 Å². The van der Waals surface area contributed by atoms with Crippen LogP contribution in [0.2, 0.25) is 0 Å². The number of nitrogens with zero attached hydrogens (tertiary/aromatic N) is 8. The minimum absolute atomic E-state index is 0.0373. The first-order chi connectivity index (χ1) is 30.2.